The van der Waals surface area contributed by atoms with Crippen LogP contribution < -0.4 is 15.4 Å². The van der Waals surface area contributed by atoms with Crippen LogP contribution in [-0.2, 0) is 13.6 Å². The molecule has 0 aliphatic carbocycles. The Hall–Kier alpha value is -3.83. The van der Waals surface area contributed by atoms with Gasteiger partial charge in [0.1, 0.15) is 11.4 Å². The Kier molecular flexibility index (Phi) is 6.51. The second-order valence-corrected chi connectivity index (χ2v) is 6.83. The molecule has 0 saturated heterocycles. The van der Waals surface area contributed by atoms with Gasteiger partial charge in [-0.2, -0.15) is 23.4 Å². The molecule has 0 radical (unpaired) electrons. The number of alkyl halides is 3. The maximum atomic E-state index is 12.9. The molecule has 32 heavy (non-hydrogen) atoms. The van der Waals surface area contributed by atoms with E-state index in [9.17, 15) is 22.8 Å². The number of carbonyl (C=O) groups is 2. The number of carbonyl (C=O) groups excluding carboxylic acids is 2. The van der Waals surface area contributed by atoms with Gasteiger partial charge in [0.15, 0.2) is 6.61 Å². The van der Waals surface area contributed by atoms with Crippen molar-refractivity contribution in [1.29, 1.82) is 0 Å². The lowest BCUT2D eigenvalue weighted by Gasteiger charge is -2.11. The smallest absolute Gasteiger partial charge is 0.422 e. The predicted molar refractivity (Wildman–Crippen MR) is 110 cm³/mol. The Morgan fingerprint density at radius 1 is 1.09 bits per heavy atom. The molecule has 0 saturated carbocycles. The Morgan fingerprint density at radius 3 is 2.41 bits per heavy atom. The number of hydrogen-bond donors (Lipinski definition) is 2. The van der Waals surface area contributed by atoms with Crippen molar-refractivity contribution in [3.8, 4) is 5.75 Å². The summed E-state index contributed by atoms with van der Waals surface area (Å²) in [7, 11) is 1.74. The van der Waals surface area contributed by atoms with Gasteiger partial charge in [0.2, 0.25) is 0 Å². The molecule has 2 amide bonds. The summed E-state index contributed by atoms with van der Waals surface area (Å²) in [5.41, 5.74) is 1.57. The van der Waals surface area contributed by atoms with Gasteiger partial charge < -0.3 is 15.4 Å². The molecule has 0 spiro atoms. The van der Waals surface area contributed by atoms with Crippen LogP contribution in [0.15, 0.2) is 36.7 Å². The van der Waals surface area contributed by atoms with Gasteiger partial charge in [-0.3, -0.25) is 19.0 Å². The van der Waals surface area contributed by atoms with Gasteiger partial charge in [-0.15, -0.1) is 0 Å². The maximum Gasteiger partial charge on any atom is 0.422 e. The molecule has 0 aliphatic heterocycles. The fourth-order valence-corrected chi connectivity index (χ4v) is 2.85. The molecule has 0 bridgehead atoms. The number of nitrogens with one attached hydrogen (secondary N) is 2. The van der Waals surface area contributed by atoms with E-state index in [1.165, 1.54) is 41.3 Å². The van der Waals surface area contributed by atoms with Crippen molar-refractivity contribution in [1.82, 2.24) is 19.6 Å². The number of amides is 2. The molecule has 3 rings (SSSR count). The van der Waals surface area contributed by atoms with E-state index in [1.807, 2.05) is 0 Å². The lowest BCUT2D eigenvalue weighted by molar-refractivity contribution is -0.153. The molecule has 2 heterocycles. The summed E-state index contributed by atoms with van der Waals surface area (Å²) in [5.74, 6) is -1.24. The number of hydrogen-bond acceptors (Lipinski definition) is 5. The van der Waals surface area contributed by atoms with Crippen LogP contribution in [0, 0.1) is 6.92 Å². The predicted octanol–water partition coefficient (Wildman–Crippen LogP) is 3.39. The topological polar surface area (TPSA) is 103 Å². The molecular formula is C20H21F3N6O3. The molecule has 0 atom stereocenters. The molecular weight excluding hydrogens is 429 g/mol. The summed E-state index contributed by atoms with van der Waals surface area (Å²) in [6.45, 7) is 2.47. The van der Waals surface area contributed by atoms with Crippen LogP contribution >= 0.6 is 0 Å². The van der Waals surface area contributed by atoms with Crippen LogP contribution in [0.5, 0.6) is 5.75 Å². The van der Waals surface area contributed by atoms with Gasteiger partial charge in [0.25, 0.3) is 11.8 Å². The van der Waals surface area contributed by atoms with E-state index in [2.05, 4.69) is 25.6 Å². The highest BCUT2D eigenvalue weighted by Gasteiger charge is 2.28. The number of anilines is 2. The molecule has 9 nitrogen and oxygen atoms in total. The molecule has 2 N–H and O–H groups in total. The molecule has 0 aliphatic rings. The number of rotatable bonds is 7. The van der Waals surface area contributed by atoms with Crippen LogP contribution in [0.2, 0.25) is 0 Å². The van der Waals surface area contributed by atoms with E-state index < -0.39 is 24.6 Å². The molecule has 170 valence electrons. The van der Waals surface area contributed by atoms with E-state index >= 15 is 0 Å². The zero-order valence-electron chi connectivity index (χ0n) is 17.5. The van der Waals surface area contributed by atoms with Crippen molar-refractivity contribution >= 4 is 23.2 Å². The Labute approximate surface area is 181 Å². The van der Waals surface area contributed by atoms with Crippen molar-refractivity contribution in [2.24, 2.45) is 7.05 Å². The van der Waals surface area contributed by atoms with Crippen LogP contribution in [-0.4, -0.2) is 44.2 Å². The van der Waals surface area contributed by atoms with Crippen LogP contribution in [0.1, 0.15) is 33.5 Å². The van der Waals surface area contributed by atoms with E-state index in [-0.39, 0.29) is 22.7 Å². The summed E-state index contributed by atoms with van der Waals surface area (Å²) in [6, 6.07) is 5.31. The number of halogens is 3. The standard InChI is InChI=1S/C20H21F3N6O3/c1-4-29-17(19(31)26-15-9-24-28(3)12(15)2)16(10-25-29)27-18(30)13-6-5-7-14(8-13)32-11-20(21,22)23/h5-10H,4,11H2,1-3H3,(H,26,31)(H,27,30). The Morgan fingerprint density at radius 2 is 1.78 bits per heavy atom. The fourth-order valence-electron chi connectivity index (χ4n) is 2.85. The number of ether oxygens (including phenoxy) is 1. The molecule has 2 aromatic heterocycles. The molecule has 0 unspecified atom stereocenters. The van der Waals surface area contributed by atoms with Crippen molar-refractivity contribution in [3.63, 3.8) is 0 Å². The van der Waals surface area contributed by atoms with E-state index in [1.54, 1.807) is 25.6 Å². The summed E-state index contributed by atoms with van der Waals surface area (Å²) in [6.07, 6.45) is -1.66. The highest BCUT2D eigenvalue weighted by atomic mass is 19.4. The van der Waals surface area contributed by atoms with Crippen molar-refractivity contribution < 1.29 is 27.5 Å². The minimum absolute atomic E-state index is 0.0587. The van der Waals surface area contributed by atoms with Crippen LogP contribution in [0.3, 0.4) is 0 Å². The highest BCUT2D eigenvalue weighted by Crippen LogP contribution is 2.22. The largest absolute Gasteiger partial charge is 0.484 e. The van der Waals surface area contributed by atoms with E-state index in [0.717, 1.165) is 5.69 Å². The fraction of sp³-hybridized carbons (Fsp3) is 0.300. The van der Waals surface area contributed by atoms with Crippen molar-refractivity contribution in [2.45, 2.75) is 26.6 Å². The molecule has 3 aromatic rings. The lowest BCUT2D eigenvalue weighted by atomic mass is 10.2. The first-order chi connectivity index (χ1) is 15.1. The normalized spacial score (nSPS) is 11.3. The first-order valence-electron chi connectivity index (χ1n) is 9.55. The average molecular weight is 450 g/mol. The maximum absolute atomic E-state index is 12.9. The SMILES string of the molecule is CCn1ncc(NC(=O)c2cccc(OCC(F)(F)F)c2)c1C(=O)Nc1cnn(C)c1C. The first-order valence-corrected chi connectivity index (χ1v) is 9.55. The third-order valence-corrected chi connectivity index (χ3v) is 4.58. The van der Waals surface area contributed by atoms with E-state index in [0.29, 0.717) is 12.2 Å². The van der Waals surface area contributed by atoms with Gasteiger partial charge in [-0.1, -0.05) is 6.07 Å². The van der Waals surface area contributed by atoms with Gasteiger partial charge in [-0.25, -0.2) is 0 Å². The monoisotopic (exact) mass is 450 g/mol. The number of aromatic nitrogens is 4. The lowest BCUT2D eigenvalue weighted by Crippen LogP contribution is -2.21. The van der Waals surface area contributed by atoms with Gasteiger partial charge in [0, 0.05) is 19.2 Å². The van der Waals surface area contributed by atoms with Crippen molar-refractivity contribution in [3.05, 3.63) is 53.6 Å². The second kappa shape index (κ2) is 9.12. The molecule has 12 heteroatoms. The average Bonchev–Trinajstić information content (AvgIpc) is 3.29. The van der Waals surface area contributed by atoms with Crippen LogP contribution in [0.25, 0.3) is 0 Å². The van der Waals surface area contributed by atoms with Crippen molar-refractivity contribution in [2.75, 3.05) is 17.2 Å². The van der Waals surface area contributed by atoms with Crippen LogP contribution in [0.4, 0.5) is 24.5 Å². The summed E-state index contributed by atoms with van der Waals surface area (Å²) in [4.78, 5) is 25.6. The minimum atomic E-state index is -4.50. The van der Waals surface area contributed by atoms with Gasteiger partial charge in [0.05, 0.1) is 29.5 Å². The number of nitrogens with zero attached hydrogens (tertiary/aromatic N) is 4. The van der Waals surface area contributed by atoms with E-state index in [4.69, 9.17) is 0 Å². The summed E-state index contributed by atoms with van der Waals surface area (Å²) in [5, 5.41) is 13.5. The summed E-state index contributed by atoms with van der Waals surface area (Å²) < 4.78 is 44.8. The van der Waals surface area contributed by atoms with Gasteiger partial charge in [-0.05, 0) is 32.0 Å². The first kappa shape index (κ1) is 22.8. The number of aryl methyl sites for hydroxylation is 2. The summed E-state index contributed by atoms with van der Waals surface area (Å²) >= 11 is 0. The van der Waals surface area contributed by atoms with Gasteiger partial charge >= 0.3 is 6.18 Å². The Bertz CT molecular complexity index is 1140. The zero-order chi connectivity index (χ0) is 23.5. The number of benzene rings is 1. The molecule has 1 aromatic carbocycles. The quantitative estimate of drug-likeness (QED) is 0.575. The zero-order valence-corrected chi connectivity index (χ0v) is 17.5. The second-order valence-electron chi connectivity index (χ2n) is 6.83. The minimum Gasteiger partial charge on any atom is -0.484 e. The molecule has 0 fully saturated rings. The third-order valence-electron chi connectivity index (χ3n) is 4.58. The Balaban J connectivity index is 1.79. The highest BCUT2D eigenvalue weighted by molar-refractivity contribution is 6.11. The third kappa shape index (κ3) is 5.25.